The van der Waals surface area contributed by atoms with Gasteiger partial charge in [-0.15, -0.1) is 0 Å². The van der Waals surface area contributed by atoms with Crippen molar-refractivity contribution in [1.29, 1.82) is 0 Å². The molecule has 2 rings (SSSR count). The monoisotopic (exact) mass is 200 g/mol. The number of anilines is 1. The van der Waals surface area contributed by atoms with Crippen molar-refractivity contribution in [3.8, 4) is 0 Å². The van der Waals surface area contributed by atoms with Crippen LogP contribution in [0.3, 0.4) is 0 Å². The first-order chi connectivity index (χ1) is 6.27. The summed E-state index contributed by atoms with van der Waals surface area (Å²) in [5, 5.41) is 0. The molecule has 5 nitrogen and oxygen atoms in total. The number of nitrogens with zero attached hydrogens (tertiary/aromatic N) is 3. The zero-order valence-corrected chi connectivity index (χ0v) is 8.30. The Morgan fingerprint density at radius 3 is 2.62 bits per heavy atom. The van der Waals surface area contributed by atoms with E-state index < -0.39 is 0 Å². The summed E-state index contributed by atoms with van der Waals surface area (Å²) in [7, 11) is 2.09. The molecule has 0 saturated carbocycles. The maximum Gasteiger partial charge on any atom is 0.302 e. The van der Waals surface area contributed by atoms with Crippen LogP contribution in [-0.2, 0) is 0 Å². The molecule has 0 unspecified atom stereocenters. The number of nitrogens with one attached hydrogen (secondary N) is 1. The van der Waals surface area contributed by atoms with Crippen LogP contribution in [0.1, 0.15) is 0 Å². The molecule has 1 aliphatic heterocycles. The lowest BCUT2D eigenvalue weighted by molar-refractivity contribution is 0.312. The van der Waals surface area contributed by atoms with Gasteiger partial charge in [-0.3, -0.25) is 9.17 Å². The topological polar surface area (TPSA) is 52.2 Å². The zero-order valence-electron chi connectivity index (χ0n) is 7.49. The summed E-state index contributed by atoms with van der Waals surface area (Å²) < 4.78 is 6.64. The normalized spacial score (nSPS) is 19.3. The van der Waals surface area contributed by atoms with Gasteiger partial charge >= 0.3 is 5.56 Å². The molecule has 0 spiro atoms. The number of piperazine rings is 1. The standard InChI is InChI=1S/C7H12N4OS/c1-10-2-4-11(5-3-10)6-7(12)9-13-8-6/h2-5H2,1H3,(H,9,12). The molecule has 0 bridgehead atoms. The van der Waals surface area contributed by atoms with E-state index in [1.807, 2.05) is 4.90 Å². The van der Waals surface area contributed by atoms with Crippen LogP contribution in [0.2, 0.25) is 0 Å². The van der Waals surface area contributed by atoms with Crippen molar-refractivity contribution in [2.45, 2.75) is 0 Å². The Hall–Kier alpha value is -0.880. The fourth-order valence-corrected chi connectivity index (χ4v) is 1.92. The first-order valence-electron chi connectivity index (χ1n) is 4.25. The van der Waals surface area contributed by atoms with Gasteiger partial charge in [0.25, 0.3) is 0 Å². The van der Waals surface area contributed by atoms with E-state index in [2.05, 4.69) is 20.7 Å². The van der Waals surface area contributed by atoms with E-state index in [1.54, 1.807) is 0 Å². The number of hydrogen-bond donors (Lipinski definition) is 1. The van der Waals surface area contributed by atoms with Crippen LogP contribution in [0, 0.1) is 0 Å². The average Bonchev–Trinajstić information content (AvgIpc) is 2.53. The minimum absolute atomic E-state index is 0.0606. The Labute approximate surface area is 80.3 Å². The van der Waals surface area contributed by atoms with E-state index in [4.69, 9.17) is 0 Å². The summed E-state index contributed by atoms with van der Waals surface area (Å²) in [6.45, 7) is 3.78. The molecule has 1 aromatic heterocycles. The average molecular weight is 200 g/mol. The minimum Gasteiger partial charge on any atom is -0.349 e. The lowest BCUT2D eigenvalue weighted by Gasteiger charge is -2.31. The Bertz CT molecular complexity index is 325. The molecule has 6 heteroatoms. The third-order valence-electron chi connectivity index (χ3n) is 2.28. The quantitative estimate of drug-likeness (QED) is 0.669. The van der Waals surface area contributed by atoms with Gasteiger partial charge in [0.15, 0.2) is 0 Å². The highest BCUT2D eigenvalue weighted by atomic mass is 32.1. The first-order valence-corrected chi connectivity index (χ1v) is 5.02. The molecule has 13 heavy (non-hydrogen) atoms. The smallest absolute Gasteiger partial charge is 0.302 e. The summed E-state index contributed by atoms with van der Waals surface area (Å²) in [4.78, 5) is 15.5. The van der Waals surface area contributed by atoms with Crippen LogP contribution in [0.15, 0.2) is 4.79 Å². The van der Waals surface area contributed by atoms with Crippen molar-refractivity contribution < 1.29 is 0 Å². The van der Waals surface area contributed by atoms with Crippen LogP contribution >= 0.6 is 11.7 Å². The fraction of sp³-hybridized carbons (Fsp3) is 0.714. The fourth-order valence-electron chi connectivity index (χ4n) is 1.41. The second-order valence-electron chi connectivity index (χ2n) is 3.23. The highest BCUT2D eigenvalue weighted by molar-refractivity contribution is 6.99. The summed E-state index contributed by atoms with van der Waals surface area (Å²) in [5.74, 6) is 0.582. The number of H-pyrrole nitrogens is 1. The second kappa shape index (κ2) is 3.47. The summed E-state index contributed by atoms with van der Waals surface area (Å²) >= 11 is 1.12. The van der Waals surface area contributed by atoms with Gasteiger partial charge in [0, 0.05) is 37.9 Å². The lowest BCUT2D eigenvalue weighted by Crippen LogP contribution is -2.46. The van der Waals surface area contributed by atoms with Gasteiger partial charge in [-0.25, -0.2) is 0 Å². The minimum atomic E-state index is -0.0606. The molecule has 1 fully saturated rings. The summed E-state index contributed by atoms with van der Waals surface area (Å²) in [5.41, 5.74) is -0.0606. The largest absolute Gasteiger partial charge is 0.349 e. The molecule has 0 atom stereocenters. The molecule has 0 amide bonds. The van der Waals surface area contributed by atoms with Crippen molar-refractivity contribution >= 4 is 17.5 Å². The van der Waals surface area contributed by atoms with E-state index in [0.717, 1.165) is 37.9 Å². The summed E-state index contributed by atoms with van der Waals surface area (Å²) in [6, 6.07) is 0. The van der Waals surface area contributed by atoms with Crippen LogP contribution in [0.5, 0.6) is 0 Å². The van der Waals surface area contributed by atoms with E-state index in [1.165, 1.54) is 0 Å². The first kappa shape index (κ1) is 8.71. The van der Waals surface area contributed by atoms with Crippen LogP contribution < -0.4 is 10.5 Å². The van der Waals surface area contributed by atoms with Gasteiger partial charge in [-0.2, -0.15) is 4.37 Å². The van der Waals surface area contributed by atoms with Crippen LogP contribution in [0.25, 0.3) is 0 Å². The molecule has 1 saturated heterocycles. The molecule has 0 aliphatic carbocycles. The van der Waals surface area contributed by atoms with Gasteiger partial charge in [-0.05, 0) is 7.05 Å². The Morgan fingerprint density at radius 2 is 2.08 bits per heavy atom. The van der Waals surface area contributed by atoms with Gasteiger partial charge in [-0.1, -0.05) is 0 Å². The second-order valence-corrected chi connectivity index (χ2v) is 3.80. The maximum atomic E-state index is 11.2. The molecule has 0 aromatic carbocycles. The van der Waals surface area contributed by atoms with Crippen molar-refractivity contribution in [3.05, 3.63) is 10.4 Å². The van der Waals surface area contributed by atoms with Crippen molar-refractivity contribution in [1.82, 2.24) is 13.6 Å². The van der Waals surface area contributed by atoms with Crippen molar-refractivity contribution in [2.24, 2.45) is 0 Å². The number of rotatable bonds is 1. The third kappa shape index (κ3) is 1.73. The molecule has 2 heterocycles. The van der Waals surface area contributed by atoms with Crippen molar-refractivity contribution in [2.75, 3.05) is 38.1 Å². The van der Waals surface area contributed by atoms with E-state index in [-0.39, 0.29) is 5.56 Å². The van der Waals surface area contributed by atoms with Crippen LogP contribution in [0.4, 0.5) is 5.82 Å². The van der Waals surface area contributed by atoms with Crippen LogP contribution in [-0.4, -0.2) is 46.9 Å². The molecule has 0 radical (unpaired) electrons. The van der Waals surface area contributed by atoms with E-state index >= 15 is 0 Å². The Morgan fingerprint density at radius 1 is 1.38 bits per heavy atom. The predicted octanol–water partition coefficient (Wildman–Crippen LogP) is -0.417. The molecule has 72 valence electrons. The van der Waals surface area contributed by atoms with E-state index in [0.29, 0.717) is 5.82 Å². The Kier molecular flexibility index (Phi) is 2.32. The molecular formula is C7H12N4OS. The highest BCUT2D eigenvalue weighted by Gasteiger charge is 2.18. The number of aromatic amines is 1. The number of aromatic nitrogens is 2. The molecule has 1 aromatic rings. The van der Waals surface area contributed by atoms with Gasteiger partial charge in [0.1, 0.15) is 0 Å². The molecular weight excluding hydrogens is 188 g/mol. The Balaban J connectivity index is 2.11. The summed E-state index contributed by atoms with van der Waals surface area (Å²) in [6.07, 6.45) is 0. The zero-order chi connectivity index (χ0) is 9.26. The SMILES string of the molecule is CN1CCN(c2ns[nH]c2=O)CC1. The molecule has 1 aliphatic rings. The number of likely N-dealkylation sites (N-methyl/N-ethyl adjacent to an activating group) is 1. The maximum absolute atomic E-state index is 11.2. The predicted molar refractivity (Wildman–Crippen MR) is 52.4 cm³/mol. The lowest BCUT2D eigenvalue weighted by atomic mass is 10.3. The van der Waals surface area contributed by atoms with Gasteiger partial charge in [0.2, 0.25) is 5.82 Å². The van der Waals surface area contributed by atoms with Crippen molar-refractivity contribution in [3.63, 3.8) is 0 Å². The van der Waals surface area contributed by atoms with E-state index in [9.17, 15) is 4.79 Å². The van der Waals surface area contributed by atoms with Gasteiger partial charge < -0.3 is 9.80 Å². The third-order valence-corrected chi connectivity index (χ3v) is 2.82. The highest BCUT2D eigenvalue weighted by Crippen LogP contribution is 2.07. The van der Waals surface area contributed by atoms with Gasteiger partial charge in [0.05, 0.1) is 0 Å². The molecule has 1 N–H and O–H groups in total. The number of hydrogen-bond acceptors (Lipinski definition) is 5.